The molecule has 1 unspecified atom stereocenters. The van der Waals surface area contributed by atoms with E-state index >= 15 is 0 Å². The van der Waals surface area contributed by atoms with Crippen LogP contribution in [0, 0.1) is 0 Å². The Hall–Kier alpha value is -2.08. The summed E-state index contributed by atoms with van der Waals surface area (Å²) >= 11 is 1.52. The van der Waals surface area contributed by atoms with Crippen molar-refractivity contribution in [2.45, 2.75) is 26.8 Å². The third-order valence-corrected chi connectivity index (χ3v) is 4.51. The monoisotopic (exact) mass is 315 g/mol. The molecule has 0 amide bonds. The quantitative estimate of drug-likeness (QED) is 0.805. The highest BCUT2D eigenvalue weighted by molar-refractivity contribution is 8.27. The van der Waals surface area contributed by atoms with Crippen LogP contribution in [-0.4, -0.2) is 33.8 Å². The highest BCUT2D eigenvalue weighted by atomic mass is 32.2. The fourth-order valence-electron chi connectivity index (χ4n) is 2.47. The number of hydrogen-bond acceptors (Lipinski definition) is 6. The first-order chi connectivity index (χ1) is 10.6. The van der Waals surface area contributed by atoms with E-state index in [1.54, 1.807) is 11.9 Å². The lowest BCUT2D eigenvalue weighted by atomic mass is 10.1. The summed E-state index contributed by atoms with van der Waals surface area (Å²) in [5.41, 5.74) is 2.32. The molecule has 0 radical (unpaired) electrons. The fourth-order valence-corrected chi connectivity index (χ4v) is 3.50. The van der Waals surface area contributed by atoms with E-state index in [0.717, 1.165) is 15.8 Å². The minimum absolute atomic E-state index is 0.180. The Kier molecular flexibility index (Phi) is 4.02. The van der Waals surface area contributed by atoms with E-state index in [1.165, 1.54) is 11.8 Å². The molecule has 22 heavy (non-hydrogen) atoms. The van der Waals surface area contributed by atoms with Gasteiger partial charge in [0.15, 0.2) is 5.17 Å². The highest BCUT2D eigenvalue weighted by Gasteiger charge is 2.37. The van der Waals surface area contributed by atoms with Crippen molar-refractivity contribution in [2.75, 3.05) is 6.61 Å². The summed E-state index contributed by atoms with van der Waals surface area (Å²) < 4.78 is 5.13. The van der Waals surface area contributed by atoms with Crippen LogP contribution in [0.4, 0.5) is 0 Å². The number of amidine groups is 1. The van der Waals surface area contributed by atoms with Gasteiger partial charge in [0, 0.05) is 5.56 Å². The lowest BCUT2D eigenvalue weighted by Gasteiger charge is -2.28. The van der Waals surface area contributed by atoms with Crippen LogP contribution in [0.5, 0.6) is 0 Å². The van der Waals surface area contributed by atoms with E-state index in [2.05, 4.69) is 10.1 Å². The van der Waals surface area contributed by atoms with Gasteiger partial charge in [0.1, 0.15) is 5.04 Å². The third kappa shape index (κ3) is 2.54. The Morgan fingerprint density at radius 2 is 2.09 bits per heavy atom. The second-order valence-electron chi connectivity index (χ2n) is 5.01. The van der Waals surface area contributed by atoms with E-state index in [1.807, 2.05) is 44.2 Å². The number of nitrogens with zero attached hydrogens (tertiary/aromatic N) is 3. The van der Waals surface area contributed by atoms with Crippen molar-refractivity contribution < 1.29 is 9.53 Å². The van der Waals surface area contributed by atoms with Gasteiger partial charge in [0.2, 0.25) is 0 Å². The highest BCUT2D eigenvalue weighted by Crippen LogP contribution is 2.34. The maximum atomic E-state index is 12.1. The van der Waals surface area contributed by atoms with E-state index in [0.29, 0.717) is 17.9 Å². The van der Waals surface area contributed by atoms with Gasteiger partial charge in [-0.1, -0.05) is 30.3 Å². The summed E-state index contributed by atoms with van der Waals surface area (Å²) in [6.07, 6.45) is 0. The standard InChI is InChI=1S/C16H17N3O2S/c1-4-21-15(20)13-10(2)17-16-19(11(13)3)18-14(22-16)12-8-6-5-7-9-12/h5-9,11H,4H2,1-3H3. The van der Waals surface area contributed by atoms with Gasteiger partial charge in [-0.2, -0.15) is 5.10 Å². The van der Waals surface area contributed by atoms with Crippen LogP contribution in [0.2, 0.25) is 0 Å². The molecule has 0 saturated heterocycles. The minimum atomic E-state index is -0.316. The SMILES string of the molecule is CCOC(=O)C1=C(C)N=C2SC(c3ccccc3)=NN2C1C. The molecule has 1 atom stereocenters. The molecule has 0 fully saturated rings. The zero-order chi connectivity index (χ0) is 15.7. The Bertz CT molecular complexity index is 695. The van der Waals surface area contributed by atoms with Gasteiger partial charge in [-0.3, -0.25) is 0 Å². The van der Waals surface area contributed by atoms with Crippen molar-refractivity contribution in [1.29, 1.82) is 0 Å². The summed E-state index contributed by atoms with van der Waals surface area (Å²) in [6, 6.07) is 9.79. The number of aliphatic imine (C=N–C) groups is 1. The van der Waals surface area contributed by atoms with Crippen LogP contribution in [-0.2, 0) is 9.53 Å². The molecule has 6 heteroatoms. The number of esters is 1. The topological polar surface area (TPSA) is 54.3 Å². The summed E-state index contributed by atoms with van der Waals surface area (Å²) in [5, 5.41) is 8.12. The van der Waals surface area contributed by atoms with Gasteiger partial charge in [0.25, 0.3) is 0 Å². The van der Waals surface area contributed by atoms with Crippen LogP contribution in [0.1, 0.15) is 26.3 Å². The largest absolute Gasteiger partial charge is 0.463 e. The Morgan fingerprint density at radius 1 is 1.36 bits per heavy atom. The van der Waals surface area contributed by atoms with Crippen LogP contribution < -0.4 is 0 Å². The summed E-state index contributed by atoms with van der Waals surface area (Å²) in [6.45, 7) is 5.94. The van der Waals surface area contributed by atoms with Crippen LogP contribution in [0.3, 0.4) is 0 Å². The number of carbonyl (C=O) groups is 1. The van der Waals surface area contributed by atoms with Gasteiger partial charge in [-0.15, -0.1) is 0 Å². The molecular formula is C16H17N3O2S. The number of hydrazone groups is 1. The molecule has 3 rings (SSSR count). The zero-order valence-corrected chi connectivity index (χ0v) is 13.6. The summed E-state index contributed by atoms with van der Waals surface area (Å²) in [5.74, 6) is -0.316. The number of benzene rings is 1. The molecule has 0 spiro atoms. The Balaban J connectivity index is 1.92. The molecular weight excluding hydrogens is 298 g/mol. The maximum absolute atomic E-state index is 12.1. The van der Waals surface area contributed by atoms with Crippen LogP contribution in [0.15, 0.2) is 51.7 Å². The van der Waals surface area contributed by atoms with E-state index in [4.69, 9.17) is 4.74 Å². The molecule has 5 nitrogen and oxygen atoms in total. The average molecular weight is 315 g/mol. The van der Waals surface area contributed by atoms with E-state index in [9.17, 15) is 4.79 Å². The van der Waals surface area contributed by atoms with Crippen molar-refractivity contribution in [3.63, 3.8) is 0 Å². The number of allylic oxidation sites excluding steroid dienone is 1. The number of thioether (sulfide) groups is 1. The van der Waals surface area contributed by atoms with Crippen LogP contribution in [0.25, 0.3) is 0 Å². The second kappa shape index (κ2) is 5.96. The number of carbonyl (C=O) groups excluding carboxylic acids is 1. The number of fused-ring (bicyclic) bond motifs is 1. The third-order valence-electron chi connectivity index (χ3n) is 3.54. The number of ether oxygens (including phenoxy) is 1. The first-order valence-electron chi connectivity index (χ1n) is 7.19. The molecule has 2 aliphatic heterocycles. The van der Waals surface area contributed by atoms with Gasteiger partial charge < -0.3 is 4.74 Å². The predicted octanol–water partition coefficient (Wildman–Crippen LogP) is 2.99. The van der Waals surface area contributed by atoms with Crippen LogP contribution >= 0.6 is 11.8 Å². The first kappa shape index (κ1) is 14.8. The van der Waals surface area contributed by atoms with E-state index < -0.39 is 0 Å². The first-order valence-corrected chi connectivity index (χ1v) is 8.01. The lowest BCUT2D eigenvalue weighted by Crippen LogP contribution is -2.38. The molecule has 1 aromatic rings. The van der Waals surface area contributed by atoms with Gasteiger partial charge >= 0.3 is 5.97 Å². The van der Waals surface area contributed by atoms with Crippen molar-refractivity contribution >= 4 is 27.9 Å². The van der Waals surface area contributed by atoms with Crippen molar-refractivity contribution in [1.82, 2.24) is 5.01 Å². The zero-order valence-electron chi connectivity index (χ0n) is 12.7. The number of hydrogen-bond donors (Lipinski definition) is 0. The molecule has 2 aliphatic rings. The van der Waals surface area contributed by atoms with Crippen molar-refractivity contribution in [3.8, 4) is 0 Å². The minimum Gasteiger partial charge on any atom is -0.463 e. The van der Waals surface area contributed by atoms with Crippen molar-refractivity contribution in [3.05, 3.63) is 47.2 Å². The molecule has 114 valence electrons. The fraction of sp³-hybridized carbons (Fsp3) is 0.312. The number of rotatable bonds is 3. The normalized spacial score (nSPS) is 20.5. The molecule has 1 aromatic carbocycles. The molecule has 0 bridgehead atoms. The molecule has 0 N–H and O–H groups in total. The summed E-state index contributed by atoms with van der Waals surface area (Å²) in [7, 11) is 0. The smallest absolute Gasteiger partial charge is 0.338 e. The van der Waals surface area contributed by atoms with Crippen molar-refractivity contribution in [2.24, 2.45) is 10.1 Å². The van der Waals surface area contributed by atoms with Gasteiger partial charge in [0.05, 0.1) is 23.9 Å². The molecule has 0 saturated carbocycles. The summed E-state index contributed by atoms with van der Waals surface area (Å²) in [4.78, 5) is 16.7. The molecule has 0 aromatic heterocycles. The maximum Gasteiger partial charge on any atom is 0.338 e. The molecule has 0 aliphatic carbocycles. The average Bonchev–Trinajstić information content (AvgIpc) is 2.92. The Morgan fingerprint density at radius 3 is 2.77 bits per heavy atom. The second-order valence-corrected chi connectivity index (χ2v) is 5.96. The van der Waals surface area contributed by atoms with Gasteiger partial charge in [-0.25, -0.2) is 14.8 Å². The van der Waals surface area contributed by atoms with E-state index in [-0.39, 0.29) is 12.0 Å². The van der Waals surface area contributed by atoms with Gasteiger partial charge in [-0.05, 0) is 32.5 Å². The Labute approximate surface area is 133 Å². The predicted molar refractivity (Wildman–Crippen MR) is 88.6 cm³/mol. The molecule has 2 heterocycles. The lowest BCUT2D eigenvalue weighted by molar-refractivity contribution is -0.139.